The molecule has 2 aliphatic rings. The number of nitrogens with zero attached hydrogens (tertiary/aromatic N) is 2. The zero-order chi connectivity index (χ0) is 22.0. The fourth-order valence-electron chi connectivity index (χ4n) is 5.03. The van der Waals surface area contributed by atoms with Crippen molar-refractivity contribution in [2.24, 2.45) is 18.9 Å². The molecule has 2 saturated heterocycles. The molecule has 1 N–H and O–H groups in total. The molecule has 168 valence electrons. The van der Waals surface area contributed by atoms with E-state index in [-0.39, 0.29) is 17.7 Å². The van der Waals surface area contributed by atoms with Gasteiger partial charge in [0.05, 0.1) is 0 Å². The second-order valence-corrected chi connectivity index (χ2v) is 9.32. The molecule has 31 heavy (non-hydrogen) atoms. The highest BCUT2D eigenvalue weighted by atomic mass is 16.5. The molecule has 1 atom stereocenters. The van der Waals surface area contributed by atoms with Gasteiger partial charge in [0.2, 0.25) is 5.91 Å². The number of aryl methyl sites for hydroxylation is 2. The molecule has 3 heterocycles. The number of ether oxygens (including phenoxy) is 1. The lowest BCUT2D eigenvalue weighted by molar-refractivity contribution is -0.122. The van der Waals surface area contributed by atoms with Crippen LogP contribution < -0.4 is 5.32 Å². The van der Waals surface area contributed by atoms with Gasteiger partial charge < -0.3 is 19.5 Å². The van der Waals surface area contributed by atoms with Crippen LogP contribution in [0, 0.1) is 25.7 Å². The first-order valence-corrected chi connectivity index (χ1v) is 11.6. The first-order valence-electron chi connectivity index (χ1n) is 11.6. The molecular weight excluding hydrogens is 390 g/mol. The largest absolute Gasteiger partial charge is 0.381 e. The van der Waals surface area contributed by atoms with Gasteiger partial charge in [0.25, 0.3) is 5.91 Å². The maximum atomic E-state index is 13.2. The molecule has 0 spiro atoms. The minimum atomic E-state index is 0.0788. The summed E-state index contributed by atoms with van der Waals surface area (Å²) in [6.07, 6.45) is 4.51. The van der Waals surface area contributed by atoms with Gasteiger partial charge >= 0.3 is 0 Å². The van der Waals surface area contributed by atoms with Crippen molar-refractivity contribution in [3.05, 3.63) is 35.0 Å². The summed E-state index contributed by atoms with van der Waals surface area (Å²) in [5.41, 5.74) is 4.35. The summed E-state index contributed by atoms with van der Waals surface area (Å²) in [7, 11) is 2.06. The fourth-order valence-corrected chi connectivity index (χ4v) is 5.03. The Bertz CT molecular complexity index is 959. The zero-order valence-corrected chi connectivity index (χ0v) is 19.1. The number of likely N-dealkylation sites (tertiary alicyclic amines) is 1. The SMILES string of the molecule is Cc1c(C)n(C)c2ccc(C(=O)N3CCC[C@H](CC(=O)NCC4CCOCC4)C3)cc12. The zero-order valence-electron chi connectivity index (χ0n) is 19.1. The first kappa shape index (κ1) is 21.9. The second-order valence-electron chi connectivity index (χ2n) is 9.32. The molecule has 6 heteroatoms. The minimum absolute atomic E-state index is 0.0788. The van der Waals surface area contributed by atoms with Crippen molar-refractivity contribution in [2.45, 2.75) is 46.0 Å². The average Bonchev–Trinajstić information content (AvgIpc) is 3.01. The first-order chi connectivity index (χ1) is 14.9. The van der Waals surface area contributed by atoms with Crippen LogP contribution in [0.25, 0.3) is 10.9 Å². The van der Waals surface area contributed by atoms with Crippen molar-refractivity contribution in [3.8, 4) is 0 Å². The van der Waals surface area contributed by atoms with Crippen LogP contribution in [0.3, 0.4) is 0 Å². The van der Waals surface area contributed by atoms with Crippen LogP contribution in [0.1, 0.15) is 53.7 Å². The number of fused-ring (bicyclic) bond motifs is 1. The highest BCUT2D eigenvalue weighted by molar-refractivity contribution is 5.99. The number of hydrogen-bond acceptors (Lipinski definition) is 3. The Morgan fingerprint density at radius 3 is 2.68 bits per heavy atom. The highest BCUT2D eigenvalue weighted by Gasteiger charge is 2.27. The number of nitrogens with one attached hydrogen (secondary N) is 1. The molecule has 0 bridgehead atoms. The van der Waals surface area contributed by atoms with Crippen molar-refractivity contribution >= 4 is 22.7 Å². The van der Waals surface area contributed by atoms with Gasteiger partial charge in [-0.2, -0.15) is 0 Å². The van der Waals surface area contributed by atoms with Gasteiger partial charge in [0.1, 0.15) is 0 Å². The molecule has 4 rings (SSSR count). The third-order valence-electron chi connectivity index (χ3n) is 7.26. The molecule has 1 aromatic carbocycles. The number of piperidine rings is 1. The van der Waals surface area contributed by atoms with Gasteiger partial charge in [-0.15, -0.1) is 0 Å². The Balaban J connectivity index is 1.35. The van der Waals surface area contributed by atoms with E-state index in [0.29, 0.717) is 18.9 Å². The predicted octanol–water partition coefficient (Wildman–Crippen LogP) is 3.58. The van der Waals surface area contributed by atoms with Crippen molar-refractivity contribution in [1.82, 2.24) is 14.8 Å². The lowest BCUT2D eigenvalue weighted by Crippen LogP contribution is -2.42. The van der Waals surface area contributed by atoms with E-state index in [0.717, 1.165) is 68.5 Å². The summed E-state index contributed by atoms with van der Waals surface area (Å²) in [6, 6.07) is 6.02. The normalized spacial score (nSPS) is 20.2. The fraction of sp³-hybridized carbons (Fsp3) is 0.600. The van der Waals surface area contributed by atoms with Gasteiger partial charge in [-0.3, -0.25) is 9.59 Å². The summed E-state index contributed by atoms with van der Waals surface area (Å²) in [5.74, 6) is 0.955. The molecule has 0 radical (unpaired) electrons. The van der Waals surface area contributed by atoms with Crippen LogP contribution in [0.4, 0.5) is 0 Å². The van der Waals surface area contributed by atoms with E-state index in [1.54, 1.807) is 0 Å². The summed E-state index contributed by atoms with van der Waals surface area (Å²) in [6.45, 7) is 7.99. The van der Waals surface area contributed by atoms with E-state index in [4.69, 9.17) is 4.74 Å². The van der Waals surface area contributed by atoms with Crippen LogP contribution in [-0.2, 0) is 16.6 Å². The van der Waals surface area contributed by atoms with Crippen molar-refractivity contribution < 1.29 is 14.3 Å². The van der Waals surface area contributed by atoms with Crippen molar-refractivity contribution in [3.63, 3.8) is 0 Å². The van der Waals surface area contributed by atoms with Crippen molar-refractivity contribution in [1.29, 1.82) is 0 Å². The van der Waals surface area contributed by atoms with E-state index in [2.05, 4.69) is 30.8 Å². The van der Waals surface area contributed by atoms with Gasteiger partial charge in [-0.1, -0.05) is 0 Å². The van der Waals surface area contributed by atoms with Gasteiger partial charge in [-0.05, 0) is 75.1 Å². The predicted molar refractivity (Wildman–Crippen MR) is 122 cm³/mol. The van der Waals surface area contributed by atoms with Crippen LogP contribution in [0.5, 0.6) is 0 Å². The maximum Gasteiger partial charge on any atom is 0.253 e. The van der Waals surface area contributed by atoms with E-state index < -0.39 is 0 Å². The number of rotatable bonds is 5. The number of hydrogen-bond donors (Lipinski definition) is 1. The summed E-state index contributed by atoms with van der Waals surface area (Å²) in [5, 5.41) is 4.25. The molecule has 0 unspecified atom stereocenters. The van der Waals surface area contributed by atoms with Crippen LogP contribution in [-0.4, -0.2) is 54.1 Å². The van der Waals surface area contributed by atoms with Gasteiger partial charge in [-0.25, -0.2) is 0 Å². The molecule has 1 aromatic heterocycles. The topological polar surface area (TPSA) is 63.6 Å². The smallest absolute Gasteiger partial charge is 0.253 e. The molecule has 0 aliphatic carbocycles. The molecule has 2 fully saturated rings. The Morgan fingerprint density at radius 1 is 1.13 bits per heavy atom. The van der Waals surface area contributed by atoms with E-state index in [1.807, 2.05) is 23.1 Å². The molecule has 6 nitrogen and oxygen atoms in total. The molecule has 2 aliphatic heterocycles. The second kappa shape index (κ2) is 9.43. The standard InChI is InChI=1S/C25H35N3O3/c1-17-18(2)27(3)23-7-6-21(14-22(17)23)25(30)28-10-4-5-20(16-28)13-24(29)26-15-19-8-11-31-12-9-19/h6-7,14,19-20H,4-5,8-13,15-16H2,1-3H3,(H,26,29)/t20-/m1/s1. The van der Waals surface area contributed by atoms with Crippen molar-refractivity contribution in [2.75, 3.05) is 32.8 Å². The Labute approximate surface area is 184 Å². The van der Waals surface area contributed by atoms with Gasteiger partial charge in [0, 0.05) is 68.5 Å². The number of amides is 2. The highest BCUT2D eigenvalue weighted by Crippen LogP contribution is 2.27. The monoisotopic (exact) mass is 425 g/mol. The Hall–Kier alpha value is -2.34. The summed E-state index contributed by atoms with van der Waals surface area (Å²) >= 11 is 0. The van der Waals surface area contributed by atoms with E-state index in [1.165, 1.54) is 11.3 Å². The third-order valence-corrected chi connectivity index (χ3v) is 7.26. The number of benzene rings is 1. The summed E-state index contributed by atoms with van der Waals surface area (Å²) < 4.78 is 7.56. The molecule has 0 saturated carbocycles. The Kier molecular flexibility index (Phi) is 6.65. The quantitative estimate of drug-likeness (QED) is 0.796. The molecular formula is C25H35N3O3. The molecule has 2 amide bonds. The number of carbonyl (C=O) groups excluding carboxylic acids is 2. The third kappa shape index (κ3) is 4.79. The average molecular weight is 426 g/mol. The van der Waals surface area contributed by atoms with Crippen LogP contribution >= 0.6 is 0 Å². The summed E-state index contributed by atoms with van der Waals surface area (Å²) in [4.78, 5) is 27.6. The lowest BCUT2D eigenvalue weighted by Gasteiger charge is -2.33. The van der Waals surface area contributed by atoms with Crippen LogP contribution in [0.2, 0.25) is 0 Å². The van der Waals surface area contributed by atoms with E-state index in [9.17, 15) is 9.59 Å². The minimum Gasteiger partial charge on any atom is -0.381 e. The van der Waals surface area contributed by atoms with Crippen LogP contribution in [0.15, 0.2) is 18.2 Å². The maximum absolute atomic E-state index is 13.2. The number of aromatic nitrogens is 1. The lowest BCUT2D eigenvalue weighted by atomic mass is 9.93. The Morgan fingerprint density at radius 2 is 1.90 bits per heavy atom. The van der Waals surface area contributed by atoms with Gasteiger partial charge in [0.15, 0.2) is 0 Å². The molecule has 2 aromatic rings. The van der Waals surface area contributed by atoms with E-state index >= 15 is 0 Å². The number of carbonyl (C=O) groups is 2.